The molecule has 0 heterocycles. The van der Waals surface area contributed by atoms with Crippen molar-refractivity contribution >= 4 is 0 Å². The standard InChI is InChI=1S/2C3H7O2.Co/c2*1-3(4)5-2;/h2*3H,1-2H3;/q2*-1;+2. The second-order valence-electron chi connectivity index (χ2n) is 1.61. The van der Waals surface area contributed by atoms with Crippen molar-refractivity contribution in [3.8, 4) is 0 Å². The molecule has 0 aliphatic rings. The summed E-state index contributed by atoms with van der Waals surface area (Å²) in [5.41, 5.74) is 0. The Morgan fingerprint density at radius 3 is 1.00 bits per heavy atom. The molecule has 5 heteroatoms. The van der Waals surface area contributed by atoms with Gasteiger partial charge in [-0.15, -0.1) is 0 Å². The molecule has 71 valence electrons. The summed E-state index contributed by atoms with van der Waals surface area (Å²) in [5, 5.41) is 19.3. The van der Waals surface area contributed by atoms with Crippen molar-refractivity contribution < 1.29 is 36.5 Å². The van der Waals surface area contributed by atoms with E-state index in [2.05, 4.69) is 9.47 Å². The number of rotatable bonds is 2. The van der Waals surface area contributed by atoms with Gasteiger partial charge in [-0.05, 0) is 12.6 Å². The van der Waals surface area contributed by atoms with Gasteiger partial charge in [-0.1, -0.05) is 13.8 Å². The zero-order valence-electron chi connectivity index (χ0n) is 7.12. The van der Waals surface area contributed by atoms with Crippen LogP contribution >= 0.6 is 0 Å². The quantitative estimate of drug-likeness (QED) is 0.529. The van der Waals surface area contributed by atoms with Gasteiger partial charge in [0.2, 0.25) is 0 Å². The summed E-state index contributed by atoms with van der Waals surface area (Å²) in [5.74, 6) is 0. The smallest absolute Gasteiger partial charge is 0.831 e. The number of methoxy groups -OCH3 is 2. The Morgan fingerprint density at radius 1 is 0.909 bits per heavy atom. The molecule has 1 radical (unpaired) electrons. The van der Waals surface area contributed by atoms with E-state index in [9.17, 15) is 10.2 Å². The summed E-state index contributed by atoms with van der Waals surface area (Å²) in [7, 11) is 2.77. The van der Waals surface area contributed by atoms with Crippen LogP contribution in [0, 0.1) is 0 Å². The van der Waals surface area contributed by atoms with Gasteiger partial charge < -0.3 is 19.7 Å². The van der Waals surface area contributed by atoms with Crippen LogP contribution in [-0.2, 0) is 26.3 Å². The molecule has 0 spiro atoms. The van der Waals surface area contributed by atoms with E-state index in [1.165, 1.54) is 28.1 Å². The van der Waals surface area contributed by atoms with Gasteiger partial charge in [0, 0.05) is 14.2 Å². The van der Waals surface area contributed by atoms with Gasteiger partial charge in [0.05, 0.1) is 0 Å². The normalized spacial score (nSPS) is 13.6. The van der Waals surface area contributed by atoms with E-state index >= 15 is 0 Å². The van der Waals surface area contributed by atoms with Crippen molar-refractivity contribution in [1.82, 2.24) is 0 Å². The van der Waals surface area contributed by atoms with Crippen molar-refractivity contribution in [3.63, 3.8) is 0 Å². The molecular weight excluding hydrogens is 195 g/mol. The molecule has 0 fully saturated rings. The minimum Gasteiger partial charge on any atom is -0.831 e. The number of hydrogen-bond donors (Lipinski definition) is 0. The SMILES string of the molecule is COC(C)[O-].COC(C)[O-].[Co+2]. The molecular formula is C6H14CoO4. The van der Waals surface area contributed by atoms with Crippen LogP contribution < -0.4 is 10.2 Å². The molecule has 0 aromatic rings. The predicted molar refractivity (Wildman–Crippen MR) is 32.9 cm³/mol. The third-order valence-electron chi connectivity index (χ3n) is 0.664. The molecule has 0 saturated heterocycles. The minimum absolute atomic E-state index is 0. The molecule has 0 aliphatic carbocycles. The molecule has 0 saturated carbocycles. The predicted octanol–water partition coefficient (Wildman–Crippen LogP) is -1.32. The summed E-state index contributed by atoms with van der Waals surface area (Å²) in [4.78, 5) is 0. The van der Waals surface area contributed by atoms with Crippen molar-refractivity contribution in [2.24, 2.45) is 0 Å². The average Bonchev–Trinajstić information content (AvgIpc) is 1.89. The molecule has 0 aromatic heterocycles. The maximum absolute atomic E-state index is 9.67. The molecule has 0 amide bonds. The first-order valence-corrected chi connectivity index (χ1v) is 2.91. The van der Waals surface area contributed by atoms with E-state index in [0.717, 1.165) is 0 Å². The molecule has 4 nitrogen and oxygen atoms in total. The molecule has 0 N–H and O–H groups in total. The van der Waals surface area contributed by atoms with Gasteiger partial charge in [0.15, 0.2) is 0 Å². The van der Waals surface area contributed by atoms with Gasteiger partial charge in [-0.3, -0.25) is 0 Å². The maximum Gasteiger partial charge on any atom is 2.00 e. The maximum atomic E-state index is 9.67. The molecule has 11 heavy (non-hydrogen) atoms. The first kappa shape index (κ1) is 17.4. The molecule has 0 aromatic carbocycles. The van der Waals surface area contributed by atoms with Gasteiger partial charge >= 0.3 is 16.8 Å². The average molecular weight is 209 g/mol. The van der Waals surface area contributed by atoms with E-state index in [0.29, 0.717) is 0 Å². The Bertz CT molecular complexity index is 50.5. The van der Waals surface area contributed by atoms with Gasteiger partial charge in [-0.2, -0.15) is 0 Å². The second-order valence-corrected chi connectivity index (χ2v) is 1.61. The summed E-state index contributed by atoms with van der Waals surface area (Å²) in [6, 6.07) is 0. The van der Waals surface area contributed by atoms with Crippen LogP contribution in [0.3, 0.4) is 0 Å². The zero-order chi connectivity index (χ0) is 8.57. The van der Waals surface area contributed by atoms with Crippen molar-refractivity contribution in [2.45, 2.75) is 26.4 Å². The fourth-order valence-corrected chi connectivity index (χ4v) is 0. The second kappa shape index (κ2) is 13.0. The van der Waals surface area contributed by atoms with Crippen LogP contribution in [0.1, 0.15) is 13.8 Å². The molecule has 2 unspecified atom stereocenters. The fourth-order valence-electron chi connectivity index (χ4n) is 0. The van der Waals surface area contributed by atoms with Crippen molar-refractivity contribution in [1.29, 1.82) is 0 Å². The Balaban J connectivity index is -0.000000107. The van der Waals surface area contributed by atoms with E-state index in [1.807, 2.05) is 0 Å². The Morgan fingerprint density at radius 2 is 1.00 bits per heavy atom. The van der Waals surface area contributed by atoms with Crippen LogP contribution in [0.4, 0.5) is 0 Å². The topological polar surface area (TPSA) is 64.6 Å². The Labute approximate surface area is 77.7 Å². The largest absolute Gasteiger partial charge is 2.00 e. The van der Waals surface area contributed by atoms with Crippen LogP contribution in [0.15, 0.2) is 0 Å². The van der Waals surface area contributed by atoms with E-state index in [1.54, 1.807) is 0 Å². The van der Waals surface area contributed by atoms with E-state index in [4.69, 9.17) is 0 Å². The minimum atomic E-state index is -0.866. The number of hydrogen-bond acceptors (Lipinski definition) is 4. The Kier molecular flexibility index (Phi) is 20.6. The summed E-state index contributed by atoms with van der Waals surface area (Å²) in [6.45, 7) is 2.89. The Hall–Kier alpha value is 0.346. The first-order valence-electron chi connectivity index (χ1n) is 2.91. The van der Waals surface area contributed by atoms with Gasteiger partial charge in [-0.25, -0.2) is 0 Å². The van der Waals surface area contributed by atoms with Crippen LogP contribution in [0.5, 0.6) is 0 Å². The summed E-state index contributed by atoms with van der Waals surface area (Å²) >= 11 is 0. The summed E-state index contributed by atoms with van der Waals surface area (Å²) < 4.78 is 8.39. The van der Waals surface area contributed by atoms with Gasteiger partial charge in [0.1, 0.15) is 0 Å². The molecule has 2 atom stereocenters. The molecule has 0 aliphatic heterocycles. The van der Waals surface area contributed by atoms with E-state index in [-0.39, 0.29) is 16.8 Å². The van der Waals surface area contributed by atoms with Crippen molar-refractivity contribution in [2.75, 3.05) is 14.2 Å². The van der Waals surface area contributed by atoms with Crippen molar-refractivity contribution in [3.05, 3.63) is 0 Å². The van der Waals surface area contributed by atoms with Crippen LogP contribution in [0.2, 0.25) is 0 Å². The first-order chi connectivity index (χ1) is 4.54. The van der Waals surface area contributed by atoms with Crippen LogP contribution in [-0.4, -0.2) is 26.8 Å². The third kappa shape index (κ3) is 38.2. The van der Waals surface area contributed by atoms with E-state index < -0.39 is 12.6 Å². The molecule has 0 bridgehead atoms. The monoisotopic (exact) mass is 209 g/mol. The summed E-state index contributed by atoms with van der Waals surface area (Å²) in [6.07, 6.45) is -1.73. The number of ether oxygens (including phenoxy) is 2. The van der Waals surface area contributed by atoms with Crippen LogP contribution in [0.25, 0.3) is 0 Å². The fraction of sp³-hybridized carbons (Fsp3) is 1.00. The molecule has 0 rings (SSSR count). The third-order valence-corrected chi connectivity index (χ3v) is 0.664. The van der Waals surface area contributed by atoms with Gasteiger partial charge in [0.25, 0.3) is 0 Å². The zero-order valence-corrected chi connectivity index (χ0v) is 8.16.